The Balaban J connectivity index is 2.21. The Labute approximate surface area is 103 Å². The maximum atomic E-state index is 10.5. The summed E-state index contributed by atoms with van der Waals surface area (Å²) in [6.45, 7) is 3.92. The summed E-state index contributed by atoms with van der Waals surface area (Å²) in [5.41, 5.74) is 2.52. The highest BCUT2D eigenvalue weighted by atomic mass is 16.3. The number of hydrogen-bond acceptors (Lipinski definition) is 1. The van der Waals surface area contributed by atoms with Gasteiger partial charge in [-0.25, -0.2) is 0 Å². The van der Waals surface area contributed by atoms with Crippen molar-refractivity contribution >= 4 is 0 Å². The summed E-state index contributed by atoms with van der Waals surface area (Å²) < 4.78 is 0. The third-order valence-corrected chi connectivity index (χ3v) is 3.06. The van der Waals surface area contributed by atoms with Crippen LogP contribution in [0.15, 0.2) is 54.6 Å². The van der Waals surface area contributed by atoms with Crippen LogP contribution in [0.4, 0.5) is 0 Å². The average Bonchev–Trinajstić information content (AvgIpc) is 2.30. The van der Waals surface area contributed by atoms with Crippen LogP contribution in [-0.4, -0.2) is 5.11 Å². The van der Waals surface area contributed by atoms with E-state index in [4.69, 9.17) is 0 Å². The predicted molar refractivity (Wildman–Crippen MR) is 70.9 cm³/mol. The second kappa shape index (κ2) is 4.72. The topological polar surface area (TPSA) is 20.2 Å². The first-order chi connectivity index (χ1) is 8.08. The molecule has 0 aliphatic heterocycles. The van der Waals surface area contributed by atoms with Crippen LogP contribution >= 0.6 is 0 Å². The van der Waals surface area contributed by atoms with Crippen LogP contribution in [0.3, 0.4) is 0 Å². The van der Waals surface area contributed by atoms with Crippen molar-refractivity contribution in [2.24, 2.45) is 0 Å². The highest BCUT2D eigenvalue weighted by molar-refractivity contribution is 5.28. The van der Waals surface area contributed by atoms with Gasteiger partial charge in [0.1, 0.15) is 0 Å². The highest BCUT2D eigenvalue weighted by Gasteiger charge is 2.23. The molecule has 1 atom stereocenters. The van der Waals surface area contributed by atoms with Crippen LogP contribution in [0, 0.1) is 6.92 Å². The van der Waals surface area contributed by atoms with Crippen LogP contribution < -0.4 is 0 Å². The summed E-state index contributed by atoms with van der Waals surface area (Å²) in [7, 11) is 0. The van der Waals surface area contributed by atoms with Crippen LogP contribution in [0.5, 0.6) is 0 Å². The van der Waals surface area contributed by atoms with E-state index in [9.17, 15) is 5.11 Å². The lowest BCUT2D eigenvalue weighted by Gasteiger charge is -2.24. The van der Waals surface area contributed by atoms with Gasteiger partial charge in [-0.15, -0.1) is 0 Å². The maximum Gasteiger partial charge on any atom is 0.0908 e. The van der Waals surface area contributed by atoms with Gasteiger partial charge in [-0.05, 0) is 25.0 Å². The summed E-state index contributed by atoms with van der Waals surface area (Å²) in [5, 5.41) is 10.5. The molecule has 0 spiro atoms. The van der Waals surface area contributed by atoms with Gasteiger partial charge in [-0.2, -0.15) is 0 Å². The fourth-order valence-electron chi connectivity index (χ4n) is 2.01. The van der Waals surface area contributed by atoms with Crippen molar-refractivity contribution in [2.45, 2.75) is 25.9 Å². The number of aryl methyl sites for hydroxylation is 1. The molecule has 0 saturated heterocycles. The lowest BCUT2D eigenvalue weighted by atomic mass is 9.89. The lowest BCUT2D eigenvalue weighted by molar-refractivity contribution is 0.0576. The largest absolute Gasteiger partial charge is 0.385 e. The Morgan fingerprint density at radius 2 is 1.53 bits per heavy atom. The molecule has 1 heteroatoms. The van der Waals surface area contributed by atoms with E-state index in [0.717, 1.165) is 11.1 Å². The normalized spacial score (nSPS) is 14.3. The van der Waals surface area contributed by atoms with Crippen LogP contribution in [0.2, 0.25) is 0 Å². The van der Waals surface area contributed by atoms with Gasteiger partial charge in [0.15, 0.2) is 0 Å². The van der Waals surface area contributed by atoms with Crippen LogP contribution in [-0.2, 0) is 12.0 Å². The lowest BCUT2D eigenvalue weighted by Crippen LogP contribution is -2.24. The number of hydrogen-bond donors (Lipinski definition) is 1. The first-order valence-corrected chi connectivity index (χ1v) is 5.91. The molecule has 0 aromatic heterocycles. The van der Waals surface area contributed by atoms with Crippen LogP contribution in [0.1, 0.15) is 23.6 Å². The third kappa shape index (κ3) is 2.95. The van der Waals surface area contributed by atoms with Crippen molar-refractivity contribution in [3.8, 4) is 0 Å². The Morgan fingerprint density at radius 1 is 0.941 bits per heavy atom. The van der Waals surface area contributed by atoms with Gasteiger partial charge in [0, 0.05) is 6.42 Å². The summed E-state index contributed by atoms with van der Waals surface area (Å²) in [5.74, 6) is 0. The van der Waals surface area contributed by atoms with Crippen LogP contribution in [0.25, 0.3) is 0 Å². The first kappa shape index (κ1) is 11.9. The van der Waals surface area contributed by atoms with E-state index in [1.165, 1.54) is 5.56 Å². The number of aliphatic hydroxyl groups is 1. The Bertz CT molecular complexity index is 469. The second-order valence-electron chi connectivity index (χ2n) is 4.80. The molecular formula is C16H18O. The molecule has 1 unspecified atom stereocenters. The zero-order valence-corrected chi connectivity index (χ0v) is 10.4. The van der Waals surface area contributed by atoms with Crippen molar-refractivity contribution in [1.29, 1.82) is 0 Å². The SMILES string of the molecule is Cc1ccc(C(C)(O)Cc2ccccc2)cc1. The summed E-state index contributed by atoms with van der Waals surface area (Å²) in [4.78, 5) is 0. The van der Waals surface area contributed by atoms with E-state index in [1.54, 1.807) is 0 Å². The van der Waals surface area contributed by atoms with E-state index < -0.39 is 5.60 Å². The molecule has 2 aromatic carbocycles. The fraction of sp³-hybridized carbons (Fsp3) is 0.250. The monoisotopic (exact) mass is 226 g/mol. The molecule has 17 heavy (non-hydrogen) atoms. The van der Waals surface area contributed by atoms with Crippen molar-refractivity contribution in [2.75, 3.05) is 0 Å². The zero-order chi connectivity index (χ0) is 12.3. The summed E-state index contributed by atoms with van der Waals surface area (Å²) in [6.07, 6.45) is 0.636. The number of benzene rings is 2. The molecule has 0 bridgehead atoms. The smallest absolute Gasteiger partial charge is 0.0908 e. The Morgan fingerprint density at radius 3 is 2.12 bits per heavy atom. The average molecular weight is 226 g/mol. The minimum Gasteiger partial charge on any atom is -0.385 e. The van der Waals surface area contributed by atoms with Gasteiger partial charge in [0.05, 0.1) is 5.60 Å². The third-order valence-electron chi connectivity index (χ3n) is 3.06. The molecule has 1 nitrogen and oxygen atoms in total. The van der Waals surface area contributed by atoms with Gasteiger partial charge in [-0.1, -0.05) is 60.2 Å². The number of rotatable bonds is 3. The Kier molecular flexibility index (Phi) is 3.30. The van der Waals surface area contributed by atoms with Gasteiger partial charge in [0.2, 0.25) is 0 Å². The van der Waals surface area contributed by atoms with Gasteiger partial charge in [-0.3, -0.25) is 0 Å². The fourth-order valence-corrected chi connectivity index (χ4v) is 2.01. The zero-order valence-electron chi connectivity index (χ0n) is 10.4. The van der Waals surface area contributed by atoms with Crippen molar-refractivity contribution < 1.29 is 5.11 Å². The molecular weight excluding hydrogens is 208 g/mol. The summed E-state index contributed by atoms with van der Waals surface area (Å²) >= 11 is 0. The molecule has 88 valence electrons. The van der Waals surface area contributed by atoms with Gasteiger partial charge < -0.3 is 5.11 Å². The quantitative estimate of drug-likeness (QED) is 0.850. The highest BCUT2D eigenvalue weighted by Crippen LogP contribution is 2.25. The second-order valence-corrected chi connectivity index (χ2v) is 4.80. The maximum absolute atomic E-state index is 10.5. The molecule has 0 fully saturated rings. The van der Waals surface area contributed by atoms with E-state index in [0.29, 0.717) is 6.42 Å². The molecule has 0 aliphatic rings. The molecule has 1 N–H and O–H groups in total. The van der Waals surface area contributed by atoms with E-state index >= 15 is 0 Å². The van der Waals surface area contributed by atoms with E-state index in [-0.39, 0.29) is 0 Å². The van der Waals surface area contributed by atoms with Gasteiger partial charge in [0.25, 0.3) is 0 Å². The Hall–Kier alpha value is -1.60. The summed E-state index contributed by atoms with van der Waals surface area (Å²) in [6, 6.07) is 18.1. The molecule has 2 aromatic rings. The van der Waals surface area contributed by atoms with Gasteiger partial charge >= 0.3 is 0 Å². The molecule has 0 amide bonds. The van der Waals surface area contributed by atoms with Crippen molar-refractivity contribution in [3.63, 3.8) is 0 Å². The molecule has 0 aliphatic carbocycles. The molecule has 0 saturated carbocycles. The molecule has 0 radical (unpaired) electrons. The standard InChI is InChI=1S/C16H18O/c1-13-8-10-15(11-9-13)16(2,17)12-14-6-4-3-5-7-14/h3-11,17H,12H2,1-2H3. The molecule has 2 rings (SSSR count). The van der Waals surface area contributed by atoms with E-state index in [1.807, 2.05) is 61.5 Å². The van der Waals surface area contributed by atoms with E-state index in [2.05, 4.69) is 6.92 Å². The first-order valence-electron chi connectivity index (χ1n) is 5.91. The van der Waals surface area contributed by atoms with Crippen molar-refractivity contribution in [3.05, 3.63) is 71.3 Å². The minimum absolute atomic E-state index is 0.636. The minimum atomic E-state index is -0.810. The van der Waals surface area contributed by atoms with Crippen molar-refractivity contribution in [1.82, 2.24) is 0 Å². The predicted octanol–water partition coefficient (Wildman–Crippen LogP) is 3.45. The molecule has 0 heterocycles.